The van der Waals surface area contributed by atoms with Crippen LogP contribution in [-0.4, -0.2) is 45.3 Å². The summed E-state index contributed by atoms with van der Waals surface area (Å²) in [4.78, 5) is 0. The van der Waals surface area contributed by atoms with E-state index in [0.717, 1.165) is 12.2 Å². The molecule has 1 unspecified atom stereocenters. The average Bonchev–Trinajstić information content (AvgIpc) is 2.16. The van der Waals surface area contributed by atoms with Crippen molar-refractivity contribution in [3.63, 3.8) is 0 Å². The van der Waals surface area contributed by atoms with E-state index in [1.807, 2.05) is 11.8 Å². The minimum absolute atomic E-state index is 0.158. The van der Waals surface area contributed by atoms with Crippen LogP contribution in [0.25, 0.3) is 0 Å². The number of thioether (sulfide) groups is 1. The summed E-state index contributed by atoms with van der Waals surface area (Å²) < 4.78 is 24.7. The summed E-state index contributed by atoms with van der Waals surface area (Å²) in [5, 5.41) is 3.33. The number of nitrogens with one attached hydrogen (secondary N) is 2. The van der Waals surface area contributed by atoms with E-state index >= 15 is 0 Å². The lowest BCUT2D eigenvalue weighted by atomic mass is 9.88. The zero-order chi connectivity index (χ0) is 12.2. The number of hydrogen-bond donors (Lipinski definition) is 2. The molecule has 1 fully saturated rings. The molecule has 1 atom stereocenters. The maximum Gasteiger partial charge on any atom is 0.212 e. The Labute approximate surface area is 103 Å². The molecule has 2 N–H and O–H groups in total. The van der Waals surface area contributed by atoms with Crippen molar-refractivity contribution in [2.45, 2.75) is 26.3 Å². The molecule has 1 aliphatic heterocycles. The second-order valence-corrected chi connectivity index (χ2v) is 8.13. The third-order valence-corrected chi connectivity index (χ3v) is 5.71. The molecule has 0 aromatic carbocycles. The fraction of sp³-hybridized carbons (Fsp3) is 1.00. The van der Waals surface area contributed by atoms with Gasteiger partial charge in [-0.05, 0) is 24.6 Å². The number of hydrogen-bond acceptors (Lipinski definition) is 4. The minimum atomic E-state index is -3.07. The Morgan fingerprint density at radius 2 is 2.12 bits per heavy atom. The van der Waals surface area contributed by atoms with Crippen molar-refractivity contribution >= 4 is 21.8 Å². The van der Waals surface area contributed by atoms with Crippen LogP contribution in [0.2, 0.25) is 0 Å². The molecule has 0 amide bonds. The molecule has 0 saturated carbocycles. The van der Waals surface area contributed by atoms with E-state index in [0.29, 0.717) is 18.0 Å². The summed E-state index contributed by atoms with van der Waals surface area (Å²) in [7, 11) is -1.62. The lowest BCUT2D eigenvalue weighted by Gasteiger charge is -2.35. The highest BCUT2D eigenvalue weighted by molar-refractivity contribution is 7.99. The van der Waals surface area contributed by atoms with E-state index in [9.17, 15) is 8.42 Å². The summed E-state index contributed by atoms with van der Waals surface area (Å²) in [6.45, 7) is 5.06. The molecule has 4 nitrogen and oxygen atoms in total. The highest BCUT2D eigenvalue weighted by Crippen LogP contribution is 2.33. The second kappa shape index (κ2) is 5.71. The van der Waals surface area contributed by atoms with Gasteiger partial charge in [-0.2, -0.15) is 11.8 Å². The van der Waals surface area contributed by atoms with Crippen molar-refractivity contribution in [2.24, 2.45) is 5.41 Å². The summed E-state index contributed by atoms with van der Waals surface area (Å²) in [5.74, 6) is 2.44. The summed E-state index contributed by atoms with van der Waals surface area (Å²) >= 11 is 1.95. The highest BCUT2D eigenvalue weighted by atomic mass is 32.2. The summed E-state index contributed by atoms with van der Waals surface area (Å²) in [6, 6.07) is 0.445. The van der Waals surface area contributed by atoms with Gasteiger partial charge < -0.3 is 5.32 Å². The Bertz CT molecular complexity index is 315. The molecule has 0 aromatic heterocycles. The number of sulfonamides is 1. The zero-order valence-electron chi connectivity index (χ0n) is 10.2. The Morgan fingerprint density at radius 3 is 2.69 bits per heavy atom. The molecule has 0 radical (unpaired) electrons. The van der Waals surface area contributed by atoms with Crippen molar-refractivity contribution in [2.75, 3.05) is 30.9 Å². The zero-order valence-corrected chi connectivity index (χ0v) is 11.9. The molecule has 1 rings (SSSR count). The molecule has 0 aromatic rings. The molecule has 0 aliphatic carbocycles. The molecular weight excluding hydrogens is 244 g/mol. The molecule has 0 spiro atoms. The van der Waals surface area contributed by atoms with E-state index in [2.05, 4.69) is 23.9 Å². The van der Waals surface area contributed by atoms with Gasteiger partial charge in [-0.3, -0.25) is 0 Å². The van der Waals surface area contributed by atoms with Gasteiger partial charge in [0.05, 0.1) is 5.75 Å². The fourth-order valence-corrected chi connectivity index (χ4v) is 3.79. The predicted octanol–water partition coefficient (Wildman–Crippen LogP) is 0.657. The van der Waals surface area contributed by atoms with Crippen LogP contribution in [0.5, 0.6) is 0 Å². The first kappa shape index (κ1) is 14.3. The molecule has 1 aliphatic rings. The van der Waals surface area contributed by atoms with Crippen molar-refractivity contribution < 1.29 is 8.42 Å². The monoisotopic (exact) mass is 266 g/mol. The first-order valence-electron chi connectivity index (χ1n) is 5.57. The van der Waals surface area contributed by atoms with Crippen LogP contribution in [0.3, 0.4) is 0 Å². The second-order valence-electron chi connectivity index (χ2n) is 5.06. The van der Waals surface area contributed by atoms with Crippen LogP contribution in [0.1, 0.15) is 20.3 Å². The van der Waals surface area contributed by atoms with Gasteiger partial charge in [0.25, 0.3) is 0 Å². The van der Waals surface area contributed by atoms with E-state index in [1.165, 1.54) is 12.8 Å². The smallest absolute Gasteiger partial charge is 0.212 e. The van der Waals surface area contributed by atoms with Gasteiger partial charge in [0.2, 0.25) is 10.0 Å². The van der Waals surface area contributed by atoms with Gasteiger partial charge in [0.15, 0.2) is 0 Å². The van der Waals surface area contributed by atoms with Crippen LogP contribution >= 0.6 is 11.8 Å². The van der Waals surface area contributed by atoms with Crippen molar-refractivity contribution in [3.05, 3.63) is 0 Å². The fourth-order valence-electron chi connectivity index (χ4n) is 1.89. The van der Waals surface area contributed by atoms with Gasteiger partial charge >= 0.3 is 0 Å². The predicted molar refractivity (Wildman–Crippen MR) is 70.4 cm³/mol. The van der Waals surface area contributed by atoms with Gasteiger partial charge in [0, 0.05) is 18.3 Å². The molecule has 6 heteroatoms. The summed E-state index contributed by atoms with van der Waals surface area (Å²) in [5.41, 5.74) is 0.364. The van der Waals surface area contributed by atoms with Crippen molar-refractivity contribution in [3.8, 4) is 0 Å². The van der Waals surface area contributed by atoms with Gasteiger partial charge in [0.1, 0.15) is 0 Å². The molecule has 16 heavy (non-hydrogen) atoms. The first-order valence-corrected chi connectivity index (χ1v) is 8.38. The van der Waals surface area contributed by atoms with E-state index in [-0.39, 0.29) is 5.75 Å². The van der Waals surface area contributed by atoms with E-state index < -0.39 is 10.0 Å². The van der Waals surface area contributed by atoms with Crippen LogP contribution in [-0.2, 0) is 10.0 Å². The third-order valence-electron chi connectivity index (χ3n) is 2.73. The van der Waals surface area contributed by atoms with Crippen LogP contribution in [0, 0.1) is 5.41 Å². The normalized spacial score (nSPS) is 25.6. The third kappa shape index (κ3) is 5.03. The maximum absolute atomic E-state index is 11.2. The Balaban J connectivity index is 2.28. The SMILES string of the molecule is CNS(=O)(=O)CCNC1CSCC(C)(C)C1. The van der Waals surface area contributed by atoms with E-state index in [1.54, 1.807) is 0 Å². The minimum Gasteiger partial charge on any atom is -0.312 e. The van der Waals surface area contributed by atoms with E-state index in [4.69, 9.17) is 0 Å². The largest absolute Gasteiger partial charge is 0.312 e. The molecule has 1 saturated heterocycles. The Morgan fingerprint density at radius 1 is 1.44 bits per heavy atom. The molecular formula is C10H22N2O2S2. The first-order chi connectivity index (χ1) is 7.35. The van der Waals surface area contributed by atoms with Gasteiger partial charge in [-0.15, -0.1) is 0 Å². The quantitative estimate of drug-likeness (QED) is 0.767. The van der Waals surface area contributed by atoms with Crippen molar-refractivity contribution in [1.29, 1.82) is 0 Å². The Hall–Kier alpha value is 0.220. The van der Waals surface area contributed by atoms with Crippen molar-refractivity contribution in [1.82, 2.24) is 10.0 Å². The summed E-state index contributed by atoms with van der Waals surface area (Å²) in [6.07, 6.45) is 1.12. The molecule has 1 heterocycles. The van der Waals surface area contributed by atoms with Crippen LogP contribution < -0.4 is 10.0 Å². The average molecular weight is 266 g/mol. The highest BCUT2D eigenvalue weighted by Gasteiger charge is 2.28. The molecule has 96 valence electrons. The lowest BCUT2D eigenvalue weighted by molar-refractivity contribution is 0.321. The topological polar surface area (TPSA) is 58.2 Å². The lowest BCUT2D eigenvalue weighted by Crippen LogP contribution is -2.42. The maximum atomic E-state index is 11.2. The standard InChI is InChI=1S/C10H22N2O2S2/c1-10(2)6-9(7-15-8-10)12-4-5-16(13,14)11-3/h9,11-12H,4-8H2,1-3H3. The van der Waals surface area contributed by atoms with Gasteiger partial charge in [-0.25, -0.2) is 13.1 Å². The molecule has 0 bridgehead atoms. The number of rotatable bonds is 5. The van der Waals surface area contributed by atoms with Crippen LogP contribution in [0.4, 0.5) is 0 Å². The Kier molecular flexibility index (Phi) is 5.10. The van der Waals surface area contributed by atoms with Gasteiger partial charge in [-0.1, -0.05) is 13.8 Å². The van der Waals surface area contributed by atoms with Crippen LogP contribution in [0.15, 0.2) is 0 Å².